The van der Waals surface area contributed by atoms with Crippen LogP contribution in [-0.4, -0.2) is 60.6 Å². The van der Waals surface area contributed by atoms with Crippen molar-refractivity contribution in [2.24, 2.45) is 0 Å². The lowest BCUT2D eigenvalue weighted by Crippen LogP contribution is -2.48. The average Bonchev–Trinajstić information content (AvgIpc) is 3.05. The maximum absolute atomic E-state index is 12.4. The molecule has 0 aliphatic carbocycles. The molecule has 2 fully saturated rings. The fourth-order valence-corrected chi connectivity index (χ4v) is 3.63. The van der Waals surface area contributed by atoms with Gasteiger partial charge in [0.25, 0.3) is 0 Å². The Labute approximate surface area is 117 Å². The number of carbonyl (C=O) groups is 1. The molecule has 0 aromatic heterocycles. The van der Waals surface area contributed by atoms with Crippen molar-refractivity contribution in [3.63, 3.8) is 0 Å². The molecule has 2 heterocycles. The first-order chi connectivity index (χ1) is 9.17. The maximum Gasteiger partial charge on any atom is 0.225 e. The SMILES string of the molecule is CCN1CCC[C@@H]1[C@H]1CCCN1C(=O)C[C@@H](C)OC. The zero-order valence-corrected chi connectivity index (χ0v) is 12.6. The van der Waals surface area contributed by atoms with Gasteiger partial charge in [0.05, 0.1) is 12.5 Å². The lowest BCUT2D eigenvalue weighted by molar-refractivity contribution is -0.135. The minimum absolute atomic E-state index is 0.0274. The zero-order valence-electron chi connectivity index (χ0n) is 12.6. The first kappa shape index (κ1) is 14.8. The Balaban J connectivity index is 1.98. The number of hydrogen-bond acceptors (Lipinski definition) is 3. The van der Waals surface area contributed by atoms with E-state index in [0.717, 1.165) is 19.5 Å². The van der Waals surface area contributed by atoms with E-state index in [1.54, 1.807) is 7.11 Å². The van der Waals surface area contributed by atoms with Gasteiger partial charge in [0.2, 0.25) is 5.91 Å². The highest BCUT2D eigenvalue weighted by atomic mass is 16.5. The number of amides is 1. The lowest BCUT2D eigenvalue weighted by Gasteiger charge is -2.35. The molecule has 2 aliphatic heterocycles. The monoisotopic (exact) mass is 268 g/mol. The van der Waals surface area contributed by atoms with Gasteiger partial charge in [0, 0.05) is 25.7 Å². The Morgan fingerprint density at radius 3 is 2.63 bits per heavy atom. The summed E-state index contributed by atoms with van der Waals surface area (Å²) in [6.07, 6.45) is 5.42. The van der Waals surface area contributed by atoms with Gasteiger partial charge in [-0.25, -0.2) is 0 Å². The average molecular weight is 268 g/mol. The van der Waals surface area contributed by atoms with Crippen molar-refractivity contribution >= 4 is 5.91 Å². The highest BCUT2D eigenvalue weighted by Crippen LogP contribution is 2.30. The third kappa shape index (κ3) is 3.29. The van der Waals surface area contributed by atoms with E-state index in [2.05, 4.69) is 16.7 Å². The largest absolute Gasteiger partial charge is 0.381 e. The number of likely N-dealkylation sites (N-methyl/N-ethyl adjacent to an activating group) is 1. The van der Waals surface area contributed by atoms with E-state index < -0.39 is 0 Å². The maximum atomic E-state index is 12.4. The minimum atomic E-state index is 0.0274. The van der Waals surface area contributed by atoms with Crippen LogP contribution >= 0.6 is 0 Å². The molecular weight excluding hydrogens is 240 g/mol. The summed E-state index contributed by atoms with van der Waals surface area (Å²) in [5.41, 5.74) is 0. The quantitative estimate of drug-likeness (QED) is 0.763. The molecule has 110 valence electrons. The van der Waals surface area contributed by atoms with Crippen molar-refractivity contribution in [1.29, 1.82) is 0 Å². The Morgan fingerprint density at radius 2 is 1.95 bits per heavy atom. The van der Waals surface area contributed by atoms with Gasteiger partial charge in [-0.3, -0.25) is 9.69 Å². The van der Waals surface area contributed by atoms with E-state index in [1.165, 1.54) is 25.8 Å². The van der Waals surface area contributed by atoms with Crippen LogP contribution in [0.4, 0.5) is 0 Å². The Hall–Kier alpha value is -0.610. The second-order valence-corrected chi connectivity index (χ2v) is 5.89. The molecule has 0 saturated carbocycles. The zero-order chi connectivity index (χ0) is 13.8. The molecule has 0 spiro atoms. The van der Waals surface area contributed by atoms with Crippen molar-refractivity contribution < 1.29 is 9.53 Å². The molecule has 0 bridgehead atoms. The number of ether oxygens (including phenoxy) is 1. The molecule has 2 saturated heterocycles. The van der Waals surface area contributed by atoms with Crippen LogP contribution in [0.3, 0.4) is 0 Å². The molecule has 0 aromatic rings. The Kier molecular flexibility index (Phi) is 5.22. The van der Waals surface area contributed by atoms with Crippen molar-refractivity contribution in [1.82, 2.24) is 9.80 Å². The number of nitrogens with zero attached hydrogens (tertiary/aromatic N) is 2. The smallest absolute Gasteiger partial charge is 0.225 e. The van der Waals surface area contributed by atoms with Gasteiger partial charge in [0.1, 0.15) is 0 Å². The van der Waals surface area contributed by atoms with E-state index in [9.17, 15) is 4.79 Å². The highest BCUT2D eigenvalue weighted by Gasteiger charge is 2.39. The van der Waals surface area contributed by atoms with Crippen LogP contribution in [0, 0.1) is 0 Å². The van der Waals surface area contributed by atoms with Gasteiger partial charge in [-0.2, -0.15) is 0 Å². The van der Waals surface area contributed by atoms with Crippen LogP contribution in [0.1, 0.15) is 46.0 Å². The molecule has 0 radical (unpaired) electrons. The fraction of sp³-hybridized carbons (Fsp3) is 0.933. The number of methoxy groups -OCH3 is 1. The molecule has 0 unspecified atom stereocenters. The topological polar surface area (TPSA) is 32.8 Å². The summed E-state index contributed by atoms with van der Waals surface area (Å²) in [5.74, 6) is 0.278. The van der Waals surface area contributed by atoms with Crippen molar-refractivity contribution in [2.45, 2.75) is 64.1 Å². The van der Waals surface area contributed by atoms with Crippen LogP contribution in [0.25, 0.3) is 0 Å². The van der Waals surface area contributed by atoms with Crippen molar-refractivity contribution in [2.75, 3.05) is 26.7 Å². The number of hydrogen-bond donors (Lipinski definition) is 0. The summed E-state index contributed by atoms with van der Waals surface area (Å²) in [6, 6.07) is 1.04. The van der Waals surface area contributed by atoms with E-state index in [-0.39, 0.29) is 12.0 Å². The van der Waals surface area contributed by atoms with Gasteiger partial charge < -0.3 is 9.64 Å². The van der Waals surface area contributed by atoms with Gasteiger partial charge in [-0.1, -0.05) is 6.92 Å². The van der Waals surface area contributed by atoms with Gasteiger partial charge in [-0.05, 0) is 45.7 Å². The molecule has 0 aromatic carbocycles. The molecule has 0 N–H and O–H groups in total. The van der Waals surface area contributed by atoms with Crippen molar-refractivity contribution in [3.05, 3.63) is 0 Å². The number of rotatable bonds is 5. The lowest BCUT2D eigenvalue weighted by atomic mass is 10.0. The summed E-state index contributed by atoms with van der Waals surface area (Å²) in [4.78, 5) is 17.1. The molecule has 2 aliphatic rings. The normalized spacial score (nSPS) is 29.9. The van der Waals surface area contributed by atoms with Gasteiger partial charge in [-0.15, -0.1) is 0 Å². The van der Waals surface area contributed by atoms with Crippen LogP contribution in [-0.2, 0) is 9.53 Å². The molecular formula is C15H28N2O2. The summed E-state index contributed by atoms with van der Waals surface area (Å²) in [5, 5.41) is 0. The Bertz CT molecular complexity index is 309. The molecule has 3 atom stereocenters. The van der Waals surface area contributed by atoms with E-state index in [1.807, 2.05) is 6.92 Å². The van der Waals surface area contributed by atoms with Crippen LogP contribution in [0.15, 0.2) is 0 Å². The van der Waals surface area contributed by atoms with E-state index in [4.69, 9.17) is 4.74 Å². The highest BCUT2D eigenvalue weighted by molar-refractivity contribution is 5.77. The molecule has 1 amide bonds. The Morgan fingerprint density at radius 1 is 1.26 bits per heavy atom. The predicted octanol–water partition coefficient (Wildman–Crippen LogP) is 1.89. The molecule has 19 heavy (non-hydrogen) atoms. The molecule has 4 nitrogen and oxygen atoms in total. The summed E-state index contributed by atoms with van der Waals surface area (Å²) in [7, 11) is 1.68. The number of carbonyl (C=O) groups excluding carboxylic acids is 1. The summed E-state index contributed by atoms with van der Waals surface area (Å²) in [6.45, 7) is 7.45. The van der Waals surface area contributed by atoms with Crippen LogP contribution in [0.5, 0.6) is 0 Å². The van der Waals surface area contributed by atoms with Crippen LogP contribution in [0.2, 0.25) is 0 Å². The standard InChI is InChI=1S/C15H28N2O2/c1-4-16-9-5-7-13(16)14-8-6-10-17(14)15(18)11-12(2)19-3/h12-14H,4-11H2,1-3H3/t12-,13-,14-/m1/s1. The first-order valence-electron chi connectivity index (χ1n) is 7.73. The third-order valence-corrected chi connectivity index (χ3v) is 4.75. The second kappa shape index (κ2) is 6.71. The molecule has 4 heteroatoms. The predicted molar refractivity (Wildman–Crippen MR) is 76.1 cm³/mol. The number of likely N-dealkylation sites (tertiary alicyclic amines) is 2. The fourth-order valence-electron chi connectivity index (χ4n) is 3.63. The van der Waals surface area contributed by atoms with Crippen LogP contribution < -0.4 is 0 Å². The molecule has 2 rings (SSSR count). The van der Waals surface area contributed by atoms with E-state index >= 15 is 0 Å². The first-order valence-corrected chi connectivity index (χ1v) is 7.73. The van der Waals surface area contributed by atoms with Gasteiger partial charge in [0.15, 0.2) is 0 Å². The van der Waals surface area contributed by atoms with Crippen molar-refractivity contribution in [3.8, 4) is 0 Å². The van der Waals surface area contributed by atoms with E-state index in [0.29, 0.717) is 18.5 Å². The summed E-state index contributed by atoms with van der Waals surface area (Å²) < 4.78 is 5.23. The third-order valence-electron chi connectivity index (χ3n) is 4.75. The van der Waals surface area contributed by atoms with Gasteiger partial charge >= 0.3 is 0 Å². The second-order valence-electron chi connectivity index (χ2n) is 5.89. The minimum Gasteiger partial charge on any atom is -0.381 e. The summed E-state index contributed by atoms with van der Waals surface area (Å²) >= 11 is 0.